The van der Waals surface area contributed by atoms with E-state index in [1.165, 1.54) is 5.56 Å². The van der Waals surface area contributed by atoms with Crippen LogP contribution in [0.1, 0.15) is 26.3 Å². The molecule has 0 unspecified atom stereocenters. The summed E-state index contributed by atoms with van der Waals surface area (Å²) in [5, 5.41) is 0.272. The molecule has 0 heterocycles. The highest BCUT2D eigenvalue weighted by atomic mass is 32.2. The second-order valence-electron chi connectivity index (χ2n) is 4.63. The van der Waals surface area contributed by atoms with Crippen LogP contribution in [0.25, 0.3) is 0 Å². The number of methoxy groups -OCH3 is 1. The molecule has 0 amide bonds. The fourth-order valence-corrected chi connectivity index (χ4v) is 2.92. The van der Waals surface area contributed by atoms with E-state index in [0.29, 0.717) is 5.92 Å². The predicted octanol–water partition coefficient (Wildman–Crippen LogP) is 3.03. The van der Waals surface area contributed by atoms with E-state index in [0.717, 1.165) is 17.9 Å². The third-order valence-electron chi connectivity index (χ3n) is 3.10. The Kier molecular flexibility index (Phi) is 5.69. The van der Waals surface area contributed by atoms with Crippen molar-refractivity contribution in [2.24, 2.45) is 5.92 Å². The fraction of sp³-hybridized carbons (Fsp3) is 0.571. The van der Waals surface area contributed by atoms with E-state index in [9.17, 15) is 4.21 Å². The number of benzene rings is 1. The van der Waals surface area contributed by atoms with Crippen molar-refractivity contribution in [2.45, 2.75) is 32.4 Å². The molecular formula is C14H22O2S. The van der Waals surface area contributed by atoms with E-state index < -0.39 is 10.8 Å². The largest absolute Gasteiger partial charge is 0.497 e. The quantitative estimate of drug-likeness (QED) is 0.780. The molecule has 3 heteroatoms. The molecule has 0 N–H and O–H groups in total. The third kappa shape index (κ3) is 4.50. The van der Waals surface area contributed by atoms with Crippen molar-refractivity contribution < 1.29 is 8.95 Å². The lowest BCUT2D eigenvalue weighted by atomic mass is 10.1. The molecule has 0 fully saturated rings. The Morgan fingerprint density at radius 3 is 2.24 bits per heavy atom. The third-order valence-corrected chi connectivity index (χ3v) is 5.08. The van der Waals surface area contributed by atoms with Gasteiger partial charge in [-0.05, 0) is 30.0 Å². The van der Waals surface area contributed by atoms with Crippen LogP contribution in [0.4, 0.5) is 0 Å². The average molecular weight is 254 g/mol. The van der Waals surface area contributed by atoms with E-state index in [2.05, 4.69) is 20.8 Å². The maximum Gasteiger partial charge on any atom is 0.118 e. The highest BCUT2D eigenvalue weighted by Crippen LogP contribution is 2.14. The summed E-state index contributed by atoms with van der Waals surface area (Å²) >= 11 is 0. The van der Waals surface area contributed by atoms with E-state index >= 15 is 0 Å². The van der Waals surface area contributed by atoms with Crippen LogP contribution < -0.4 is 4.74 Å². The summed E-state index contributed by atoms with van der Waals surface area (Å²) in [6.07, 6.45) is 0.869. The van der Waals surface area contributed by atoms with Gasteiger partial charge in [0.15, 0.2) is 0 Å². The van der Waals surface area contributed by atoms with E-state index in [1.807, 2.05) is 24.3 Å². The molecule has 17 heavy (non-hydrogen) atoms. The highest BCUT2D eigenvalue weighted by Gasteiger charge is 2.14. The first kappa shape index (κ1) is 14.2. The topological polar surface area (TPSA) is 26.3 Å². The van der Waals surface area contributed by atoms with Gasteiger partial charge in [-0.25, -0.2) is 0 Å². The first-order valence-corrected chi connectivity index (χ1v) is 7.43. The van der Waals surface area contributed by atoms with Gasteiger partial charge in [-0.3, -0.25) is 4.21 Å². The minimum Gasteiger partial charge on any atom is -0.497 e. The molecule has 0 aliphatic carbocycles. The number of hydrogen-bond donors (Lipinski definition) is 0. The molecule has 96 valence electrons. The van der Waals surface area contributed by atoms with Crippen LogP contribution in [0, 0.1) is 5.92 Å². The van der Waals surface area contributed by atoms with E-state index in [1.54, 1.807) is 7.11 Å². The molecule has 0 spiro atoms. The van der Waals surface area contributed by atoms with Crippen molar-refractivity contribution in [3.63, 3.8) is 0 Å². The number of aryl methyl sites for hydroxylation is 1. The maximum atomic E-state index is 12.0. The number of rotatable bonds is 6. The molecule has 2 atom stereocenters. The normalized spacial score (nSPS) is 14.6. The Hall–Kier alpha value is -0.830. The zero-order valence-corrected chi connectivity index (χ0v) is 11.9. The predicted molar refractivity (Wildman–Crippen MR) is 74.0 cm³/mol. The molecule has 0 aliphatic heterocycles. The average Bonchev–Trinajstić information content (AvgIpc) is 2.35. The lowest BCUT2D eigenvalue weighted by Crippen LogP contribution is -2.20. The summed E-state index contributed by atoms with van der Waals surface area (Å²) in [7, 11) is 0.927. The SMILES string of the molecule is COc1ccc(CC[S@@](=O)[C@H](C)C(C)C)cc1. The monoisotopic (exact) mass is 254 g/mol. The molecule has 0 saturated carbocycles. The van der Waals surface area contributed by atoms with Crippen molar-refractivity contribution in [1.29, 1.82) is 0 Å². The van der Waals surface area contributed by atoms with Gasteiger partial charge >= 0.3 is 0 Å². The molecule has 0 radical (unpaired) electrons. The fourth-order valence-electron chi connectivity index (χ4n) is 1.50. The van der Waals surface area contributed by atoms with Crippen LogP contribution in [0.5, 0.6) is 5.75 Å². The molecule has 0 aliphatic rings. The van der Waals surface area contributed by atoms with Gasteiger partial charge in [0, 0.05) is 21.8 Å². The lowest BCUT2D eigenvalue weighted by Gasteiger charge is -2.14. The minimum atomic E-state index is -0.734. The summed E-state index contributed by atoms with van der Waals surface area (Å²) in [5.74, 6) is 2.09. The molecule has 0 saturated heterocycles. The first-order chi connectivity index (χ1) is 8.04. The van der Waals surface area contributed by atoms with Crippen LogP contribution >= 0.6 is 0 Å². The second kappa shape index (κ2) is 6.80. The van der Waals surface area contributed by atoms with Gasteiger partial charge in [0.25, 0.3) is 0 Å². The molecular weight excluding hydrogens is 232 g/mol. The minimum absolute atomic E-state index is 0.272. The Bertz CT molecular complexity index is 357. The van der Waals surface area contributed by atoms with Crippen molar-refractivity contribution in [1.82, 2.24) is 0 Å². The number of hydrogen-bond acceptors (Lipinski definition) is 2. The summed E-state index contributed by atoms with van der Waals surface area (Å²) < 4.78 is 17.1. The lowest BCUT2D eigenvalue weighted by molar-refractivity contribution is 0.414. The standard InChI is InChI=1S/C14H22O2S/c1-11(2)12(3)17(15)10-9-13-5-7-14(16-4)8-6-13/h5-8,11-12H,9-10H2,1-4H3/t12-,17-/m1/s1. The molecule has 0 bridgehead atoms. The molecule has 1 rings (SSSR count). The zero-order valence-electron chi connectivity index (χ0n) is 11.1. The summed E-state index contributed by atoms with van der Waals surface area (Å²) in [6, 6.07) is 7.97. The smallest absolute Gasteiger partial charge is 0.118 e. The van der Waals surface area contributed by atoms with Gasteiger partial charge in [-0.1, -0.05) is 32.9 Å². The second-order valence-corrected chi connectivity index (χ2v) is 6.55. The van der Waals surface area contributed by atoms with Gasteiger partial charge in [-0.15, -0.1) is 0 Å². The van der Waals surface area contributed by atoms with Gasteiger partial charge in [0.05, 0.1) is 7.11 Å². The van der Waals surface area contributed by atoms with Crippen molar-refractivity contribution in [2.75, 3.05) is 12.9 Å². The van der Waals surface area contributed by atoms with Crippen molar-refractivity contribution in [3.8, 4) is 5.75 Å². The maximum absolute atomic E-state index is 12.0. The number of ether oxygens (including phenoxy) is 1. The Morgan fingerprint density at radius 2 is 1.76 bits per heavy atom. The van der Waals surface area contributed by atoms with Gasteiger partial charge in [0.1, 0.15) is 5.75 Å². The first-order valence-electron chi connectivity index (χ1n) is 6.04. The summed E-state index contributed by atoms with van der Waals surface area (Å²) in [4.78, 5) is 0. The van der Waals surface area contributed by atoms with Crippen LogP contribution in [0.3, 0.4) is 0 Å². The molecule has 0 aromatic heterocycles. The Labute approximate surface area is 107 Å². The Balaban J connectivity index is 2.47. The van der Waals surface area contributed by atoms with Crippen LogP contribution in [-0.4, -0.2) is 22.3 Å². The molecule has 1 aromatic rings. The van der Waals surface area contributed by atoms with Crippen molar-refractivity contribution in [3.05, 3.63) is 29.8 Å². The zero-order chi connectivity index (χ0) is 12.8. The Morgan fingerprint density at radius 1 is 1.18 bits per heavy atom. The van der Waals surface area contributed by atoms with Crippen LogP contribution in [0.2, 0.25) is 0 Å². The van der Waals surface area contributed by atoms with Crippen LogP contribution in [-0.2, 0) is 17.2 Å². The molecule has 2 nitrogen and oxygen atoms in total. The van der Waals surface area contributed by atoms with Gasteiger partial charge in [-0.2, -0.15) is 0 Å². The summed E-state index contributed by atoms with van der Waals surface area (Å²) in [6.45, 7) is 6.31. The highest BCUT2D eigenvalue weighted by molar-refractivity contribution is 7.85. The van der Waals surface area contributed by atoms with E-state index in [-0.39, 0.29) is 5.25 Å². The van der Waals surface area contributed by atoms with Gasteiger partial charge in [0.2, 0.25) is 0 Å². The van der Waals surface area contributed by atoms with Gasteiger partial charge < -0.3 is 4.74 Å². The van der Waals surface area contributed by atoms with Crippen molar-refractivity contribution >= 4 is 10.8 Å². The van der Waals surface area contributed by atoms with Crippen LogP contribution in [0.15, 0.2) is 24.3 Å². The van der Waals surface area contributed by atoms with E-state index in [4.69, 9.17) is 4.74 Å². The molecule has 1 aromatic carbocycles. The summed E-state index contributed by atoms with van der Waals surface area (Å²) in [5.41, 5.74) is 1.22.